The number of allylic oxidation sites excluding steroid dienone is 2. The van der Waals surface area contributed by atoms with Crippen LogP contribution >= 0.6 is 0 Å². The van der Waals surface area contributed by atoms with Crippen LogP contribution in [0.1, 0.15) is 66.1 Å². The van der Waals surface area contributed by atoms with Crippen molar-refractivity contribution in [1.29, 1.82) is 0 Å². The first-order valence-electron chi connectivity index (χ1n) is 20.8. The van der Waals surface area contributed by atoms with E-state index < -0.39 is 134 Å². The van der Waals surface area contributed by atoms with Crippen LogP contribution in [0.15, 0.2) is 66.3 Å². The third-order valence-electron chi connectivity index (χ3n) is 10.9. The SMILES string of the molecule is CCOC(=O)/C=C(C)/C=C/C[C@@H](OC)[C@H](OC(=O)Nc1ccc(F)cc1F)c1ccc(OCCO[Si](CCC(F)(F)C(F)(F)C(F)(F)C(F)(F)C(F)(F)C(F)(F)C(F)(F)C(F)(F)F)(C(C)C)C(C)C)cc1. The molecule has 0 bridgehead atoms. The Bertz CT molecular complexity index is 2140. The first-order valence-corrected chi connectivity index (χ1v) is 23.1. The van der Waals surface area contributed by atoms with E-state index >= 15 is 8.78 Å². The molecule has 0 aliphatic carbocycles. The molecular weight excluding hydrogens is 1030 g/mol. The second-order valence-corrected chi connectivity index (χ2v) is 21.3. The lowest BCUT2D eigenvalue weighted by Crippen LogP contribution is -2.74. The first kappa shape index (κ1) is 62.4. The molecule has 71 heavy (non-hydrogen) atoms. The molecule has 2 aromatic rings. The largest absolute Gasteiger partial charge is 0.491 e. The lowest BCUT2D eigenvalue weighted by atomic mass is 9.88. The number of esters is 1. The molecule has 2 aromatic carbocycles. The Hall–Kier alpha value is -4.73. The number of hydrogen-bond donors (Lipinski definition) is 1. The zero-order valence-electron chi connectivity index (χ0n) is 38.4. The second kappa shape index (κ2) is 23.4. The topological polar surface area (TPSA) is 92.3 Å². The van der Waals surface area contributed by atoms with Gasteiger partial charge in [-0.25, -0.2) is 18.4 Å². The monoisotopic (exact) mass is 1080 g/mol. The third kappa shape index (κ3) is 13.5. The molecule has 0 aliphatic heterocycles. The highest BCUT2D eigenvalue weighted by molar-refractivity contribution is 6.76. The molecule has 0 spiro atoms. The summed E-state index contributed by atoms with van der Waals surface area (Å²) < 4.78 is 292. The molecule has 0 aromatic heterocycles. The van der Waals surface area contributed by atoms with Crippen molar-refractivity contribution in [3.63, 3.8) is 0 Å². The van der Waals surface area contributed by atoms with Gasteiger partial charge in [0.25, 0.3) is 0 Å². The number of halogens is 19. The summed E-state index contributed by atoms with van der Waals surface area (Å²) >= 11 is 0. The highest BCUT2D eigenvalue weighted by Crippen LogP contribution is 2.64. The van der Waals surface area contributed by atoms with Crippen molar-refractivity contribution in [3.05, 3.63) is 83.5 Å². The Labute approximate surface area is 395 Å². The van der Waals surface area contributed by atoms with Crippen LogP contribution in [0.25, 0.3) is 0 Å². The lowest BCUT2D eigenvalue weighted by Gasteiger charge is -2.44. The molecule has 404 valence electrons. The maximum Gasteiger partial charge on any atom is 0.460 e. The van der Waals surface area contributed by atoms with Crippen molar-refractivity contribution in [1.82, 2.24) is 0 Å². The predicted molar refractivity (Wildman–Crippen MR) is 218 cm³/mol. The van der Waals surface area contributed by atoms with Crippen LogP contribution in [0, 0.1) is 11.6 Å². The van der Waals surface area contributed by atoms with Gasteiger partial charge in [-0.3, -0.25) is 5.32 Å². The molecule has 8 nitrogen and oxygen atoms in total. The molecule has 0 radical (unpaired) electrons. The molecule has 0 saturated heterocycles. The van der Waals surface area contributed by atoms with Gasteiger partial charge in [-0.05, 0) is 72.8 Å². The van der Waals surface area contributed by atoms with Crippen LogP contribution in [-0.2, 0) is 23.4 Å². The molecule has 0 fully saturated rings. The van der Waals surface area contributed by atoms with Crippen LogP contribution < -0.4 is 10.1 Å². The molecule has 2 atom stereocenters. The van der Waals surface area contributed by atoms with Crippen LogP contribution in [0.3, 0.4) is 0 Å². The molecule has 1 amide bonds. The highest BCUT2D eigenvalue weighted by Gasteiger charge is 2.95. The quantitative estimate of drug-likeness (QED) is 0.0251. The summed E-state index contributed by atoms with van der Waals surface area (Å²) in [5.41, 5.74) is -1.65. The van der Waals surface area contributed by atoms with Crippen LogP contribution in [-0.4, -0.2) is 101 Å². The van der Waals surface area contributed by atoms with Crippen molar-refractivity contribution in [2.45, 2.75) is 131 Å². The van der Waals surface area contributed by atoms with E-state index in [0.29, 0.717) is 11.6 Å². The van der Waals surface area contributed by atoms with Gasteiger partial charge in [-0.15, -0.1) is 0 Å². The molecular formula is C43H48F19NO7Si. The molecule has 0 unspecified atom stereocenters. The minimum absolute atomic E-state index is 0.0144. The minimum atomic E-state index is -8.73. The van der Waals surface area contributed by atoms with Gasteiger partial charge in [0.05, 0.1) is 18.9 Å². The number of methoxy groups -OCH3 is 1. The van der Waals surface area contributed by atoms with Crippen molar-refractivity contribution in [2.75, 3.05) is 32.2 Å². The second-order valence-electron chi connectivity index (χ2n) is 16.3. The fourth-order valence-electron chi connectivity index (χ4n) is 6.85. The standard InChI is InChI=1S/C43H48F19NO7Si/c1-8-67-33(64)22-26(6)10-9-11-32(66-7)34(70-35(65)63-31-17-14-28(44)23-30(31)45)27-12-15-29(16-13-27)68-19-20-69-71(24(2)3,25(4)5)21-18-36(46,47)37(48,49)38(50,51)39(52,53)40(54,55)41(56,57)42(58,59)43(60,61)62/h9-10,12-17,22-25,32,34H,8,11,18-21H2,1-7H3,(H,63,65)/b10-9+,26-22+/t32-,34-/m1/s1. The van der Waals surface area contributed by atoms with E-state index in [1.165, 1.54) is 71.2 Å². The number of rotatable bonds is 26. The third-order valence-corrected chi connectivity index (χ3v) is 16.6. The summed E-state index contributed by atoms with van der Waals surface area (Å²) in [6.07, 6.45) is -9.67. The highest BCUT2D eigenvalue weighted by atomic mass is 28.4. The number of hydrogen-bond acceptors (Lipinski definition) is 7. The fraction of sp³-hybridized carbons (Fsp3) is 0.581. The summed E-state index contributed by atoms with van der Waals surface area (Å²) in [5, 5.41) is 2.13. The van der Waals surface area contributed by atoms with Crippen LogP contribution in [0.4, 0.5) is 93.9 Å². The number of anilines is 1. The minimum Gasteiger partial charge on any atom is -0.491 e. The van der Waals surface area contributed by atoms with E-state index in [0.717, 1.165) is 12.1 Å². The molecule has 0 saturated carbocycles. The number of nitrogens with one attached hydrogen (secondary N) is 1. The van der Waals surface area contributed by atoms with Gasteiger partial charge in [-0.1, -0.05) is 52.0 Å². The zero-order chi connectivity index (χ0) is 55.0. The Kier molecular flexibility index (Phi) is 20.6. The molecule has 0 aliphatic rings. The maximum absolute atomic E-state index is 15.1. The summed E-state index contributed by atoms with van der Waals surface area (Å²) in [4.78, 5) is 24.8. The van der Waals surface area contributed by atoms with Crippen LogP contribution in [0.2, 0.25) is 17.1 Å². The molecule has 28 heteroatoms. The molecule has 1 N–H and O–H groups in total. The Balaban J connectivity index is 2.36. The van der Waals surface area contributed by atoms with E-state index in [-0.39, 0.29) is 24.3 Å². The lowest BCUT2D eigenvalue weighted by molar-refractivity contribution is -0.461. The first-order chi connectivity index (χ1) is 32.3. The van der Waals surface area contributed by atoms with Gasteiger partial charge in [-0.2, -0.15) is 74.6 Å². The van der Waals surface area contributed by atoms with Crippen molar-refractivity contribution >= 4 is 26.1 Å². The van der Waals surface area contributed by atoms with E-state index in [1.807, 2.05) is 0 Å². The van der Waals surface area contributed by atoms with Crippen molar-refractivity contribution < 1.29 is 116 Å². The smallest absolute Gasteiger partial charge is 0.460 e. The predicted octanol–water partition coefficient (Wildman–Crippen LogP) is 14.3. The van der Waals surface area contributed by atoms with Gasteiger partial charge in [0.15, 0.2) is 14.4 Å². The maximum atomic E-state index is 15.1. The number of alkyl halides is 17. The zero-order valence-corrected chi connectivity index (χ0v) is 39.4. The average molecular weight is 1080 g/mol. The number of ether oxygens (including phenoxy) is 4. The number of amides is 1. The number of carbonyl (C=O) groups is 2. The summed E-state index contributed by atoms with van der Waals surface area (Å²) in [5.74, 6) is -59.7. The van der Waals surface area contributed by atoms with Gasteiger partial charge in [0.2, 0.25) is 0 Å². The van der Waals surface area contributed by atoms with E-state index in [4.69, 9.17) is 23.4 Å². The molecule has 2 rings (SSSR count). The van der Waals surface area contributed by atoms with E-state index in [9.17, 15) is 84.2 Å². The normalized spacial score (nSPS) is 15.1. The Morgan fingerprint density at radius 1 is 0.718 bits per heavy atom. The Morgan fingerprint density at radius 2 is 1.24 bits per heavy atom. The van der Waals surface area contributed by atoms with Crippen molar-refractivity contribution in [3.8, 4) is 5.75 Å². The number of carbonyl (C=O) groups excluding carboxylic acids is 2. The van der Waals surface area contributed by atoms with Gasteiger partial charge in [0, 0.05) is 25.7 Å². The average Bonchev–Trinajstić information content (AvgIpc) is 3.24. The van der Waals surface area contributed by atoms with E-state index in [1.54, 1.807) is 19.9 Å². The van der Waals surface area contributed by atoms with E-state index in [2.05, 4.69) is 5.32 Å². The van der Waals surface area contributed by atoms with Gasteiger partial charge >= 0.3 is 59.7 Å². The van der Waals surface area contributed by atoms with Crippen LogP contribution in [0.5, 0.6) is 5.75 Å². The Morgan fingerprint density at radius 3 is 1.72 bits per heavy atom. The van der Waals surface area contributed by atoms with Gasteiger partial charge < -0.3 is 23.4 Å². The fourth-order valence-corrected chi connectivity index (χ4v) is 11.3. The van der Waals surface area contributed by atoms with Gasteiger partial charge in [0.1, 0.15) is 30.1 Å². The van der Waals surface area contributed by atoms with Crippen molar-refractivity contribution in [2.24, 2.45) is 0 Å². The number of benzene rings is 2. The summed E-state index contributed by atoms with van der Waals surface area (Å²) in [6, 6.07) is 6.22. The molecule has 0 heterocycles. The summed E-state index contributed by atoms with van der Waals surface area (Å²) in [6.45, 7) is 7.36. The summed E-state index contributed by atoms with van der Waals surface area (Å²) in [7, 11) is -2.82.